The second-order valence-corrected chi connectivity index (χ2v) is 4.19. The van der Waals surface area contributed by atoms with E-state index in [0.717, 1.165) is 0 Å². The lowest BCUT2D eigenvalue weighted by atomic mass is 9.90. The van der Waals surface area contributed by atoms with E-state index in [0.29, 0.717) is 30.3 Å². The Bertz CT molecular complexity index is 475. The van der Waals surface area contributed by atoms with Crippen LogP contribution >= 0.6 is 0 Å². The molecule has 0 spiro atoms. The van der Waals surface area contributed by atoms with Gasteiger partial charge in [-0.15, -0.1) is 0 Å². The van der Waals surface area contributed by atoms with Crippen molar-refractivity contribution in [3.05, 3.63) is 34.6 Å². The van der Waals surface area contributed by atoms with Crippen molar-refractivity contribution in [1.29, 1.82) is 0 Å². The van der Waals surface area contributed by atoms with Crippen molar-refractivity contribution in [2.75, 3.05) is 0 Å². The number of carboxylic acids is 1. The van der Waals surface area contributed by atoms with Crippen LogP contribution in [0.25, 0.3) is 0 Å². The Balaban J connectivity index is 2.60. The summed E-state index contributed by atoms with van der Waals surface area (Å²) in [7, 11) is 0. The van der Waals surface area contributed by atoms with Crippen LogP contribution in [0.3, 0.4) is 0 Å². The molecule has 1 aliphatic rings. The van der Waals surface area contributed by atoms with Crippen LogP contribution in [-0.2, 0) is 10.2 Å². The number of benzene rings is 1. The minimum absolute atomic E-state index is 0.277. The standard InChI is InChI=1S/C12H11FO3/c1-7-4-8(6-14)9(5-10(7)13)12(2-3-12)11(15)16/h4-6H,2-3H2,1H3,(H,15,16). The molecule has 0 heterocycles. The Morgan fingerprint density at radius 2 is 2.12 bits per heavy atom. The van der Waals surface area contributed by atoms with E-state index in [1.54, 1.807) is 6.92 Å². The number of aryl methyl sites for hydroxylation is 1. The summed E-state index contributed by atoms with van der Waals surface area (Å²) in [4.78, 5) is 22.0. The third kappa shape index (κ3) is 1.41. The van der Waals surface area contributed by atoms with Gasteiger partial charge in [-0.1, -0.05) is 0 Å². The zero-order chi connectivity index (χ0) is 11.9. The maximum absolute atomic E-state index is 13.4. The van der Waals surface area contributed by atoms with Crippen LogP contribution in [0.4, 0.5) is 4.39 Å². The molecule has 0 saturated heterocycles. The second kappa shape index (κ2) is 3.40. The van der Waals surface area contributed by atoms with E-state index < -0.39 is 17.2 Å². The molecular formula is C12H11FO3. The molecule has 0 atom stereocenters. The number of hydrogen-bond acceptors (Lipinski definition) is 2. The fourth-order valence-electron chi connectivity index (χ4n) is 1.94. The molecule has 0 aromatic heterocycles. The lowest BCUT2D eigenvalue weighted by Crippen LogP contribution is -2.21. The first-order valence-electron chi connectivity index (χ1n) is 5.00. The molecule has 1 fully saturated rings. The van der Waals surface area contributed by atoms with Crippen LogP contribution in [-0.4, -0.2) is 17.4 Å². The Hall–Kier alpha value is -1.71. The van der Waals surface area contributed by atoms with Crippen molar-refractivity contribution in [3.8, 4) is 0 Å². The van der Waals surface area contributed by atoms with Crippen molar-refractivity contribution in [1.82, 2.24) is 0 Å². The van der Waals surface area contributed by atoms with Gasteiger partial charge in [0.15, 0.2) is 0 Å². The second-order valence-electron chi connectivity index (χ2n) is 4.19. The molecule has 84 valence electrons. The number of aliphatic carboxylic acids is 1. The fraction of sp³-hybridized carbons (Fsp3) is 0.333. The number of carboxylic acid groups (broad SMARTS) is 1. The monoisotopic (exact) mass is 222 g/mol. The number of rotatable bonds is 3. The van der Waals surface area contributed by atoms with Crippen molar-refractivity contribution >= 4 is 12.3 Å². The Morgan fingerprint density at radius 3 is 2.56 bits per heavy atom. The number of aldehydes is 1. The predicted molar refractivity (Wildman–Crippen MR) is 55.1 cm³/mol. The van der Waals surface area contributed by atoms with Crippen LogP contribution < -0.4 is 0 Å². The molecule has 1 aromatic rings. The average Bonchev–Trinajstić information content (AvgIpc) is 3.02. The molecule has 0 radical (unpaired) electrons. The molecule has 3 nitrogen and oxygen atoms in total. The lowest BCUT2D eigenvalue weighted by Gasteiger charge is -2.13. The molecule has 1 aliphatic carbocycles. The quantitative estimate of drug-likeness (QED) is 0.796. The van der Waals surface area contributed by atoms with Crippen LogP contribution in [0.2, 0.25) is 0 Å². The van der Waals surface area contributed by atoms with E-state index >= 15 is 0 Å². The molecule has 0 aliphatic heterocycles. The van der Waals surface area contributed by atoms with E-state index in [-0.39, 0.29) is 5.56 Å². The first-order valence-corrected chi connectivity index (χ1v) is 5.00. The van der Waals surface area contributed by atoms with E-state index in [2.05, 4.69) is 0 Å². The predicted octanol–water partition coefficient (Wildman–Crippen LogP) is 2.06. The van der Waals surface area contributed by atoms with E-state index in [4.69, 9.17) is 5.11 Å². The molecule has 0 amide bonds. The van der Waals surface area contributed by atoms with Crippen LogP contribution in [0.1, 0.15) is 34.3 Å². The Kier molecular flexibility index (Phi) is 2.30. The highest BCUT2D eigenvalue weighted by molar-refractivity contribution is 5.90. The normalized spacial score (nSPS) is 16.9. The zero-order valence-electron chi connectivity index (χ0n) is 8.79. The maximum atomic E-state index is 13.4. The van der Waals surface area contributed by atoms with Gasteiger partial charge in [0.2, 0.25) is 0 Å². The fourth-order valence-corrected chi connectivity index (χ4v) is 1.94. The third-order valence-corrected chi connectivity index (χ3v) is 3.13. The molecule has 1 N–H and O–H groups in total. The van der Waals surface area contributed by atoms with Crippen LogP contribution in [0, 0.1) is 12.7 Å². The van der Waals surface area contributed by atoms with Gasteiger partial charge in [-0.05, 0) is 43.0 Å². The molecule has 4 heteroatoms. The molecule has 0 unspecified atom stereocenters. The summed E-state index contributed by atoms with van der Waals surface area (Å²) in [5, 5.41) is 9.10. The Morgan fingerprint density at radius 1 is 1.50 bits per heavy atom. The average molecular weight is 222 g/mol. The van der Waals surface area contributed by atoms with Crippen LogP contribution in [0.5, 0.6) is 0 Å². The number of carbonyl (C=O) groups excluding carboxylic acids is 1. The number of halogens is 1. The van der Waals surface area contributed by atoms with Gasteiger partial charge in [0.1, 0.15) is 12.1 Å². The van der Waals surface area contributed by atoms with Gasteiger partial charge in [-0.25, -0.2) is 4.39 Å². The summed E-state index contributed by atoms with van der Waals surface area (Å²) in [6.07, 6.45) is 1.52. The summed E-state index contributed by atoms with van der Waals surface area (Å²) in [6.45, 7) is 1.55. The van der Waals surface area contributed by atoms with Gasteiger partial charge in [0.05, 0.1) is 5.41 Å². The van der Waals surface area contributed by atoms with Crippen LogP contribution in [0.15, 0.2) is 12.1 Å². The van der Waals surface area contributed by atoms with Gasteiger partial charge < -0.3 is 5.11 Å². The smallest absolute Gasteiger partial charge is 0.314 e. The first kappa shape index (κ1) is 10.8. The van der Waals surface area contributed by atoms with Crippen molar-refractivity contribution < 1.29 is 19.1 Å². The molecule has 1 aromatic carbocycles. The van der Waals surface area contributed by atoms with Crippen molar-refractivity contribution in [3.63, 3.8) is 0 Å². The lowest BCUT2D eigenvalue weighted by molar-refractivity contribution is -0.140. The topological polar surface area (TPSA) is 54.4 Å². The van der Waals surface area contributed by atoms with Gasteiger partial charge in [0.25, 0.3) is 0 Å². The zero-order valence-corrected chi connectivity index (χ0v) is 8.79. The first-order chi connectivity index (χ1) is 7.51. The minimum Gasteiger partial charge on any atom is -0.481 e. The van der Waals surface area contributed by atoms with E-state index in [1.165, 1.54) is 12.1 Å². The number of hydrogen-bond donors (Lipinski definition) is 1. The minimum atomic E-state index is -1.04. The highest BCUT2D eigenvalue weighted by Crippen LogP contribution is 2.49. The summed E-state index contributed by atoms with van der Waals surface area (Å²) in [5.41, 5.74) is -0.103. The molecule has 2 rings (SSSR count). The van der Waals surface area contributed by atoms with Gasteiger partial charge in [-0.3, -0.25) is 9.59 Å². The Labute approximate surface area is 91.9 Å². The van der Waals surface area contributed by atoms with Gasteiger partial charge in [-0.2, -0.15) is 0 Å². The molecule has 1 saturated carbocycles. The van der Waals surface area contributed by atoms with E-state index in [9.17, 15) is 14.0 Å². The van der Waals surface area contributed by atoms with Crippen molar-refractivity contribution in [2.24, 2.45) is 0 Å². The summed E-state index contributed by atoms with van der Waals surface area (Å²) in [5.74, 6) is -1.45. The van der Waals surface area contributed by atoms with Crippen molar-refractivity contribution in [2.45, 2.75) is 25.2 Å². The SMILES string of the molecule is Cc1cc(C=O)c(C2(C(=O)O)CC2)cc1F. The summed E-state index contributed by atoms with van der Waals surface area (Å²) >= 11 is 0. The third-order valence-electron chi connectivity index (χ3n) is 3.13. The van der Waals surface area contributed by atoms with E-state index in [1.807, 2.05) is 0 Å². The maximum Gasteiger partial charge on any atom is 0.314 e. The van der Waals surface area contributed by atoms with Gasteiger partial charge in [0, 0.05) is 5.56 Å². The molecule has 0 bridgehead atoms. The highest BCUT2D eigenvalue weighted by Gasteiger charge is 2.53. The molecular weight excluding hydrogens is 211 g/mol. The van der Waals surface area contributed by atoms with Gasteiger partial charge >= 0.3 is 5.97 Å². The molecule has 16 heavy (non-hydrogen) atoms. The highest BCUT2D eigenvalue weighted by atomic mass is 19.1. The summed E-state index contributed by atoms with van der Waals surface area (Å²) < 4.78 is 13.4. The number of carbonyl (C=O) groups is 2. The summed E-state index contributed by atoms with van der Waals surface area (Å²) in [6, 6.07) is 2.58. The largest absolute Gasteiger partial charge is 0.481 e.